The van der Waals surface area contributed by atoms with Gasteiger partial charge in [-0.25, -0.2) is 4.99 Å². The summed E-state index contributed by atoms with van der Waals surface area (Å²) in [5.74, 6) is 0.788. The third-order valence-corrected chi connectivity index (χ3v) is 6.93. The van der Waals surface area contributed by atoms with Gasteiger partial charge in [-0.1, -0.05) is 24.6 Å². The van der Waals surface area contributed by atoms with Crippen molar-refractivity contribution in [1.29, 1.82) is 0 Å². The first kappa shape index (κ1) is 18.7. The van der Waals surface area contributed by atoms with E-state index in [9.17, 15) is 5.11 Å². The summed E-state index contributed by atoms with van der Waals surface area (Å²) >= 11 is 6.14. The lowest BCUT2D eigenvalue weighted by Crippen LogP contribution is -2.54. The van der Waals surface area contributed by atoms with Crippen LogP contribution in [0.1, 0.15) is 38.2 Å². The largest absolute Gasteiger partial charge is 0.490 e. The Hall–Kier alpha value is -2.31. The molecule has 3 aliphatic rings. The molecule has 3 N–H and O–H groups in total. The maximum absolute atomic E-state index is 11.0. The molecule has 2 aromatic rings. The molecule has 29 heavy (non-hydrogen) atoms. The third kappa shape index (κ3) is 2.97. The van der Waals surface area contributed by atoms with Crippen molar-refractivity contribution in [3.05, 3.63) is 47.2 Å². The van der Waals surface area contributed by atoms with E-state index in [1.807, 2.05) is 25.1 Å². The van der Waals surface area contributed by atoms with Gasteiger partial charge in [0, 0.05) is 29.4 Å². The quantitative estimate of drug-likeness (QED) is 0.784. The Kier molecular flexibility index (Phi) is 4.26. The fourth-order valence-electron chi connectivity index (χ4n) is 5.05. The monoisotopic (exact) mass is 413 g/mol. The van der Waals surface area contributed by atoms with Crippen LogP contribution in [0, 0.1) is 5.92 Å². The van der Waals surface area contributed by atoms with Crippen molar-refractivity contribution in [1.82, 2.24) is 4.98 Å². The Morgan fingerprint density at radius 2 is 2.14 bits per heavy atom. The number of pyridine rings is 1. The van der Waals surface area contributed by atoms with Crippen molar-refractivity contribution < 1.29 is 14.6 Å². The first-order chi connectivity index (χ1) is 13.9. The first-order valence-electron chi connectivity index (χ1n) is 10.1. The number of aliphatic hydroxyl groups is 1. The van der Waals surface area contributed by atoms with E-state index in [0.29, 0.717) is 24.5 Å². The molecule has 6 nitrogen and oxygen atoms in total. The van der Waals surface area contributed by atoms with E-state index in [2.05, 4.69) is 11.1 Å². The van der Waals surface area contributed by atoms with E-state index in [4.69, 9.17) is 31.8 Å². The minimum Gasteiger partial charge on any atom is -0.490 e. The van der Waals surface area contributed by atoms with Crippen LogP contribution in [-0.4, -0.2) is 34.4 Å². The summed E-state index contributed by atoms with van der Waals surface area (Å²) in [6.07, 6.45) is 6.19. The summed E-state index contributed by atoms with van der Waals surface area (Å²) in [4.78, 5) is 9.00. The maximum atomic E-state index is 11.0. The number of nitrogens with two attached hydrogens (primary N) is 1. The molecule has 1 aromatic carbocycles. The van der Waals surface area contributed by atoms with Gasteiger partial charge in [0.1, 0.15) is 24.0 Å². The van der Waals surface area contributed by atoms with Gasteiger partial charge in [0.2, 0.25) is 0 Å². The Morgan fingerprint density at radius 3 is 2.86 bits per heavy atom. The van der Waals surface area contributed by atoms with Crippen molar-refractivity contribution >= 4 is 17.6 Å². The highest BCUT2D eigenvalue weighted by Crippen LogP contribution is 2.54. The second kappa shape index (κ2) is 6.61. The topological polar surface area (TPSA) is 90.0 Å². The third-order valence-electron chi connectivity index (χ3n) is 6.73. The summed E-state index contributed by atoms with van der Waals surface area (Å²) in [5, 5.41) is 11.6. The second-order valence-electron chi connectivity index (χ2n) is 8.35. The van der Waals surface area contributed by atoms with Crippen LogP contribution in [0.2, 0.25) is 5.02 Å². The van der Waals surface area contributed by atoms with E-state index < -0.39 is 11.1 Å². The highest BCUT2D eigenvalue weighted by Gasteiger charge is 2.57. The fourth-order valence-corrected chi connectivity index (χ4v) is 5.22. The average molecular weight is 414 g/mol. The molecule has 1 aromatic heterocycles. The van der Waals surface area contributed by atoms with Gasteiger partial charge in [0.05, 0.1) is 10.6 Å². The minimum absolute atomic E-state index is 0.0116. The number of benzene rings is 1. The molecule has 0 bridgehead atoms. The first-order valence-corrected chi connectivity index (χ1v) is 10.4. The van der Waals surface area contributed by atoms with Crippen molar-refractivity contribution in [3.63, 3.8) is 0 Å². The number of nitrogens with zero attached hydrogens (tertiary/aromatic N) is 2. The smallest absolute Gasteiger partial charge is 0.283 e. The van der Waals surface area contributed by atoms with Crippen molar-refractivity contribution in [2.75, 3.05) is 6.61 Å². The lowest BCUT2D eigenvalue weighted by molar-refractivity contribution is -0.0912. The van der Waals surface area contributed by atoms with E-state index in [1.54, 1.807) is 12.4 Å². The number of aromatic nitrogens is 1. The Bertz CT molecular complexity index is 997. The van der Waals surface area contributed by atoms with Crippen LogP contribution in [0.4, 0.5) is 0 Å². The lowest BCUT2D eigenvalue weighted by atomic mass is 9.63. The van der Waals surface area contributed by atoms with Gasteiger partial charge in [-0.05, 0) is 49.4 Å². The van der Waals surface area contributed by atoms with Crippen LogP contribution in [-0.2, 0) is 10.3 Å². The Balaban J connectivity index is 1.65. The predicted molar refractivity (Wildman–Crippen MR) is 111 cm³/mol. The molecule has 1 spiro atoms. The summed E-state index contributed by atoms with van der Waals surface area (Å²) in [6.45, 7) is 2.38. The number of halogens is 1. The van der Waals surface area contributed by atoms with Gasteiger partial charge in [0.25, 0.3) is 6.02 Å². The molecule has 1 saturated carbocycles. The van der Waals surface area contributed by atoms with Gasteiger partial charge in [-0.15, -0.1) is 0 Å². The second-order valence-corrected chi connectivity index (χ2v) is 8.79. The summed E-state index contributed by atoms with van der Waals surface area (Å²) in [6, 6.07) is 8.14. The van der Waals surface area contributed by atoms with Gasteiger partial charge < -0.3 is 20.3 Å². The van der Waals surface area contributed by atoms with Crippen LogP contribution in [0.25, 0.3) is 11.1 Å². The zero-order chi connectivity index (χ0) is 20.2. The predicted octanol–water partition coefficient (Wildman–Crippen LogP) is 3.64. The van der Waals surface area contributed by atoms with Gasteiger partial charge in [-0.3, -0.25) is 4.98 Å². The van der Waals surface area contributed by atoms with Crippen LogP contribution < -0.4 is 10.5 Å². The maximum Gasteiger partial charge on any atom is 0.283 e. The van der Waals surface area contributed by atoms with Gasteiger partial charge in [0.15, 0.2) is 0 Å². The lowest BCUT2D eigenvalue weighted by Gasteiger charge is -2.50. The molecule has 0 saturated heterocycles. The van der Waals surface area contributed by atoms with E-state index >= 15 is 0 Å². The molecule has 2 unspecified atom stereocenters. The minimum atomic E-state index is -0.712. The normalized spacial score (nSPS) is 32.7. The highest BCUT2D eigenvalue weighted by atomic mass is 35.5. The molecule has 0 amide bonds. The molecule has 5 rings (SSSR count). The van der Waals surface area contributed by atoms with Crippen LogP contribution in [0.3, 0.4) is 0 Å². The molecule has 1 aliphatic carbocycles. The highest BCUT2D eigenvalue weighted by molar-refractivity contribution is 6.30. The number of aliphatic imine (C=N–C) groups is 1. The number of rotatable bonds is 2. The van der Waals surface area contributed by atoms with E-state index in [-0.39, 0.29) is 18.0 Å². The summed E-state index contributed by atoms with van der Waals surface area (Å²) in [5.41, 5.74) is 7.45. The molecule has 3 heterocycles. The molecule has 0 radical (unpaired) electrons. The average Bonchev–Trinajstić information content (AvgIpc) is 3.11. The summed E-state index contributed by atoms with van der Waals surface area (Å²) < 4.78 is 12.1. The number of ether oxygens (including phenoxy) is 2. The number of hydrogen-bond donors (Lipinski definition) is 2. The number of fused-ring (bicyclic) bond motifs is 4. The fraction of sp³-hybridized carbons (Fsp3) is 0.455. The van der Waals surface area contributed by atoms with E-state index in [0.717, 1.165) is 35.3 Å². The van der Waals surface area contributed by atoms with Crippen molar-refractivity contribution in [2.45, 2.75) is 49.9 Å². The molecular weight excluding hydrogens is 390 g/mol. The number of hydrogen-bond acceptors (Lipinski definition) is 6. The zero-order valence-electron chi connectivity index (χ0n) is 16.3. The zero-order valence-corrected chi connectivity index (χ0v) is 17.0. The SMILES string of the molecule is CCC1(O)CC[C@@H]2Oc3ccc(-c4cncc(Cl)c4)cc3[C@]3(COC(N)=N3)C2C1. The molecule has 2 aliphatic heterocycles. The van der Waals surface area contributed by atoms with Crippen LogP contribution >= 0.6 is 11.6 Å². The summed E-state index contributed by atoms with van der Waals surface area (Å²) in [7, 11) is 0. The molecule has 4 atom stereocenters. The number of amidine groups is 1. The van der Waals surface area contributed by atoms with Crippen LogP contribution in [0.15, 0.2) is 41.7 Å². The van der Waals surface area contributed by atoms with Crippen molar-refractivity contribution in [3.8, 4) is 16.9 Å². The van der Waals surface area contributed by atoms with Gasteiger partial charge in [-0.2, -0.15) is 0 Å². The standard InChI is InChI=1S/C22H24ClN3O3/c1-2-21(27)6-5-19-17(9-21)22(12-28-20(24)26-22)16-8-13(3-4-18(16)29-19)14-7-15(23)11-25-10-14/h3-4,7-8,10-11,17,19,27H,2,5-6,9,12H2,1H3,(H2,24,26)/t17?,19-,21?,22+/m0/s1. The Labute approximate surface area is 174 Å². The molecular formula is C22H24ClN3O3. The van der Waals surface area contributed by atoms with Gasteiger partial charge >= 0.3 is 0 Å². The molecule has 7 heteroatoms. The molecule has 152 valence electrons. The van der Waals surface area contributed by atoms with E-state index in [1.165, 1.54) is 0 Å². The Morgan fingerprint density at radius 1 is 1.28 bits per heavy atom. The van der Waals surface area contributed by atoms with Crippen LogP contribution in [0.5, 0.6) is 5.75 Å². The van der Waals surface area contributed by atoms with Crippen molar-refractivity contribution in [2.24, 2.45) is 16.6 Å². The molecule has 1 fully saturated rings.